The molecule has 0 aliphatic carbocycles. The van der Waals surface area contributed by atoms with Crippen LogP contribution in [0.3, 0.4) is 0 Å². The Hall–Kier alpha value is -2.89. The molecule has 0 aliphatic rings. The first-order valence-corrected chi connectivity index (χ1v) is 8.60. The van der Waals surface area contributed by atoms with E-state index >= 15 is 0 Å². The first-order chi connectivity index (χ1) is 12.7. The maximum absolute atomic E-state index is 11.0. The van der Waals surface area contributed by atoms with Crippen molar-refractivity contribution in [3.05, 3.63) is 77.5 Å². The maximum atomic E-state index is 11.0. The Labute approximate surface area is 152 Å². The highest BCUT2D eigenvalue weighted by Crippen LogP contribution is 2.18. The number of amides is 1. The van der Waals surface area contributed by atoms with E-state index in [2.05, 4.69) is 53.3 Å². The molecule has 0 spiro atoms. The Morgan fingerprint density at radius 1 is 1.19 bits per heavy atom. The Morgan fingerprint density at radius 3 is 2.77 bits per heavy atom. The van der Waals surface area contributed by atoms with E-state index in [1.165, 1.54) is 28.1 Å². The minimum absolute atomic E-state index is 0.536. The zero-order valence-electron chi connectivity index (χ0n) is 14.8. The van der Waals surface area contributed by atoms with Gasteiger partial charge < -0.3 is 9.88 Å². The van der Waals surface area contributed by atoms with Crippen LogP contribution in [-0.2, 0) is 17.8 Å². The van der Waals surface area contributed by atoms with Gasteiger partial charge >= 0.3 is 0 Å². The van der Waals surface area contributed by atoms with Crippen LogP contribution in [0.1, 0.15) is 16.7 Å². The number of benzene rings is 2. The lowest BCUT2D eigenvalue weighted by Crippen LogP contribution is -2.20. The lowest BCUT2D eigenvalue weighted by atomic mass is 10.1. The topological polar surface area (TPSA) is 68.4 Å². The molecule has 0 unspecified atom stereocenters. The summed E-state index contributed by atoms with van der Waals surface area (Å²) in [6.07, 6.45) is 5.93. The number of H-pyrrole nitrogens is 1. The van der Waals surface area contributed by atoms with Gasteiger partial charge in [0.05, 0.1) is 0 Å². The number of rotatable bonds is 7. The molecule has 2 aromatic carbocycles. The van der Waals surface area contributed by atoms with Crippen LogP contribution in [0.2, 0.25) is 0 Å². The van der Waals surface area contributed by atoms with Gasteiger partial charge in [0.1, 0.15) is 0 Å². The Morgan fingerprint density at radius 2 is 2.00 bits per heavy atom. The molecule has 3 N–H and O–H groups in total. The normalized spacial score (nSPS) is 11.5. The van der Waals surface area contributed by atoms with Gasteiger partial charge in [0.15, 0.2) is 0 Å². The maximum Gasteiger partial charge on any atom is 0.267 e. The molecule has 5 heteroatoms. The highest BCUT2D eigenvalue weighted by molar-refractivity contribution is 5.90. The summed E-state index contributed by atoms with van der Waals surface area (Å²) >= 11 is 0. The molecule has 0 saturated carbocycles. The molecule has 1 heterocycles. The van der Waals surface area contributed by atoms with Crippen LogP contribution in [0.25, 0.3) is 17.0 Å². The van der Waals surface area contributed by atoms with Crippen molar-refractivity contribution in [3.8, 4) is 0 Å². The Balaban J connectivity index is 1.55. The second kappa shape index (κ2) is 8.47. The summed E-state index contributed by atoms with van der Waals surface area (Å²) in [4.78, 5) is 16.6. The van der Waals surface area contributed by atoms with Crippen LogP contribution in [0.4, 0.5) is 0 Å². The number of carbonyl (C=O) groups is 1. The lowest BCUT2D eigenvalue weighted by Gasteiger charge is -2.17. The van der Waals surface area contributed by atoms with Gasteiger partial charge in [-0.1, -0.05) is 42.5 Å². The summed E-state index contributed by atoms with van der Waals surface area (Å²) < 4.78 is 0. The predicted octanol–water partition coefficient (Wildman–Crippen LogP) is 3.36. The number of aromatic nitrogens is 1. The van der Waals surface area contributed by atoms with E-state index in [1.807, 2.05) is 18.3 Å². The molecule has 3 rings (SSSR count). The van der Waals surface area contributed by atoms with Gasteiger partial charge in [0.25, 0.3) is 5.91 Å². The second-order valence-electron chi connectivity index (χ2n) is 6.40. The quantitative estimate of drug-likeness (QED) is 0.348. The molecule has 1 amide bonds. The third-order valence-electron chi connectivity index (χ3n) is 4.41. The fraction of sp³-hybridized carbons (Fsp3) is 0.190. The number of nitrogens with one attached hydrogen (secondary N) is 2. The number of likely N-dealkylation sites (N-methyl/N-ethyl adjacent to an activating group) is 1. The standard InChI is InChI=1S/C21H23N3O2/c1-24(14-12-19-4-2-3-18-11-13-22-21(18)19)15-17-7-5-16(6-8-17)9-10-20(25)23-26/h2-11,13,22,26H,12,14-15H2,1H3,(H,23,25)/b10-9+. The van der Waals surface area contributed by atoms with Gasteiger partial charge in [-0.25, -0.2) is 5.48 Å². The summed E-state index contributed by atoms with van der Waals surface area (Å²) in [6.45, 7) is 1.83. The second-order valence-corrected chi connectivity index (χ2v) is 6.40. The third-order valence-corrected chi connectivity index (χ3v) is 4.41. The highest BCUT2D eigenvalue weighted by Gasteiger charge is 2.05. The van der Waals surface area contributed by atoms with Gasteiger partial charge in [-0.2, -0.15) is 0 Å². The minimum atomic E-state index is -0.536. The van der Waals surface area contributed by atoms with Crippen molar-refractivity contribution in [2.75, 3.05) is 13.6 Å². The van der Waals surface area contributed by atoms with Crippen LogP contribution >= 0.6 is 0 Å². The van der Waals surface area contributed by atoms with Crippen LogP contribution in [0, 0.1) is 0 Å². The minimum Gasteiger partial charge on any atom is -0.361 e. The van der Waals surface area contributed by atoms with E-state index in [0.29, 0.717) is 0 Å². The number of nitrogens with zero attached hydrogens (tertiary/aromatic N) is 1. The van der Waals surface area contributed by atoms with E-state index in [4.69, 9.17) is 5.21 Å². The van der Waals surface area contributed by atoms with Crippen LogP contribution in [-0.4, -0.2) is 34.6 Å². The molecule has 0 bridgehead atoms. The number of aromatic amines is 1. The van der Waals surface area contributed by atoms with Crippen LogP contribution in [0.15, 0.2) is 60.8 Å². The molecule has 0 radical (unpaired) electrons. The van der Waals surface area contributed by atoms with E-state index in [1.54, 1.807) is 11.6 Å². The van der Waals surface area contributed by atoms with Gasteiger partial charge in [-0.05, 0) is 47.7 Å². The Bertz CT molecular complexity index is 897. The van der Waals surface area contributed by atoms with Gasteiger partial charge in [0, 0.05) is 30.9 Å². The largest absolute Gasteiger partial charge is 0.361 e. The van der Waals surface area contributed by atoms with Crippen molar-refractivity contribution in [1.29, 1.82) is 0 Å². The molecule has 0 atom stereocenters. The first-order valence-electron chi connectivity index (χ1n) is 8.60. The van der Waals surface area contributed by atoms with Crippen molar-refractivity contribution in [2.24, 2.45) is 0 Å². The molecule has 26 heavy (non-hydrogen) atoms. The molecule has 0 saturated heterocycles. The molecular formula is C21H23N3O2. The Kier molecular flexibility index (Phi) is 5.84. The molecule has 0 aliphatic heterocycles. The zero-order chi connectivity index (χ0) is 18.4. The van der Waals surface area contributed by atoms with Gasteiger partial charge in [-0.3, -0.25) is 10.0 Å². The lowest BCUT2D eigenvalue weighted by molar-refractivity contribution is -0.124. The number of hydrogen-bond acceptors (Lipinski definition) is 3. The molecule has 5 nitrogen and oxygen atoms in total. The van der Waals surface area contributed by atoms with E-state index in [-0.39, 0.29) is 0 Å². The fourth-order valence-corrected chi connectivity index (χ4v) is 3.00. The van der Waals surface area contributed by atoms with Crippen molar-refractivity contribution in [1.82, 2.24) is 15.4 Å². The average Bonchev–Trinajstić information content (AvgIpc) is 3.15. The summed E-state index contributed by atoms with van der Waals surface area (Å²) in [5.74, 6) is -0.536. The summed E-state index contributed by atoms with van der Waals surface area (Å²) in [5, 5.41) is 9.73. The molecule has 1 aromatic heterocycles. The summed E-state index contributed by atoms with van der Waals surface area (Å²) in [7, 11) is 2.12. The van der Waals surface area contributed by atoms with Gasteiger partial charge in [-0.15, -0.1) is 0 Å². The van der Waals surface area contributed by atoms with Crippen molar-refractivity contribution >= 4 is 22.9 Å². The summed E-state index contributed by atoms with van der Waals surface area (Å²) in [5.41, 5.74) is 6.27. The van der Waals surface area contributed by atoms with Crippen LogP contribution < -0.4 is 5.48 Å². The summed E-state index contributed by atoms with van der Waals surface area (Å²) in [6, 6.07) is 16.5. The number of carbonyl (C=O) groups excluding carboxylic acids is 1. The number of hydroxylamine groups is 1. The van der Waals surface area contributed by atoms with Crippen molar-refractivity contribution in [3.63, 3.8) is 0 Å². The molecule has 134 valence electrons. The average molecular weight is 349 g/mol. The zero-order valence-corrected chi connectivity index (χ0v) is 14.8. The third kappa shape index (κ3) is 4.59. The SMILES string of the molecule is CN(CCc1cccc2cc[nH]c12)Cc1ccc(/C=C/C(=O)NO)cc1. The van der Waals surface area contributed by atoms with E-state index in [0.717, 1.165) is 25.1 Å². The molecule has 3 aromatic rings. The van der Waals surface area contributed by atoms with Crippen LogP contribution in [0.5, 0.6) is 0 Å². The van der Waals surface area contributed by atoms with Crippen molar-refractivity contribution < 1.29 is 10.0 Å². The molecular weight excluding hydrogens is 326 g/mol. The number of hydrogen-bond donors (Lipinski definition) is 3. The van der Waals surface area contributed by atoms with Gasteiger partial charge in [0.2, 0.25) is 0 Å². The van der Waals surface area contributed by atoms with E-state index < -0.39 is 5.91 Å². The number of fused-ring (bicyclic) bond motifs is 1. The van der Waals surface area contributed by atoms with Crippen molar-refractivity contribution in [2.45, 2.75) is 13.0 Å². The number of para-hydroxylation sites is 1. The molecule has 0 fully saturated rings. The van der Waals surface area contributed by atoms with E-state index in [9.17, 15) is 4.79 Å². The first kappa shape index (κ1) is 17.9. The fourth-order valence-electron chi connectivity index (χ4n) is 3.00. The predicted molar refractivity (Wildman–Crippen MR) is 104 cm³/mol. The smallest absolute Gasteiger partial charge is 0.267 e. The highest BCUT2D eigenvalue weighted by atomic mass is 16.5. The monoisotopic (exact) mass is 349 g/mol.